The number of carbonyl (C=O) groups is 3. The van der Waals surface area contributed by atoms with Gasteiger partial charge in [0.05, 0.1) is 29.6 Å². The van der Waals surface area contributed by atoms with Gasteiger partial charge in [-0.2, -0.15) is 0 Å². The van der Waals surface area contributed by atoms with Crippen molar-refractivity contribution < 1.29 is 19.1 Å². The number of fused-ring (bicyclic) bond motifs is 5. The molecule has 1 N–H and O–H groups in total. The van der Waals surface area contributed by atoms with Crippen molar-refractivity contribution in [1.82, 2.24) is 15.1 Å². The highest BCUT2D eigenvalue weighted by Gasteiger charge is 2.63. The molecule has 7 fully saturated rings. The number of rotatable bonds is 3. The first-order valence-corrected chi connectivity index (χ1v) is 10.5. The molecule has 0 aromatic rings. The third kappa shape index (κ3) is 2.18. The minimum absolute atomic E-state index is 0.132. The van der Waals surface area contributed by atoms with E-state index < -0.39 is 6.04 Å². The molecule has 6 saturated heterocycles. The second kappa shape index (κ2) is 5.32. The molecular weight excluding hydrogens is 346 g/mol. The zero-order valence-electron chi connectivity index (χ0n) is 15.7. The molecule has 1 saturated carbocycles. The third-order valence-electron chi connectivity index (χ3n) is 8.06. The van der Waals surface area contributed by atoms with Crippen LogP contribution in [0.2, 0.25) is 0 Å². The Bertz CT molecular complexity index is 673. The maximum absolute atomic E-state index is 13.1. The van der Waals surface area contributed by atoms with E-state index in [4.69, 9.17) is 4.74 Å². The van der Waals surface area contributed by atoms with Crippen LogP contribution in [0, 0.1) is 23.7 Å². The minimum atomic E-state index is -0.738. The van der Waals surface area contributed by atoms with Crippen molar-refractivity contribution in [3.05, 3.63) is 0 Å². The molecule has 0 aromatic carbocycles. The molecule has 3 amide bonds. The summed E-state index contributed by atoms with van der Waals surface area (Å²) >= 11 is 0. The number of nitrogens with zero attached hydrogens (tertiary/aromatic N) is 2. The number of amides is 3. The zero-order chi connectivity index (χ0) is 18.5. The summed E-state index contributed by atoms with van der Waals surface area (Å²) in [6.45, 7) is 4.91. The molecule has 0 aromatic heterocycles. The molecular formula is C20H27N3O4. The van der Waals surface area contributed by atoms with E-state index in [-0.39, 0.29) is 47.3 Å². The van der Waals surface area contributed by atoms with Gasteiger partial charge < -0.3 is 15.0 Å². The van der Waals surface area contributed by atoms with Gasteiger partial charge in [0, 0.05) is 19.6 Å². The summed E-state index contributed by atoms with van der Waals surface area (Å²) in [5, 5.41) is 3.29. The molecule has 7 nitrogen and oxygen atoms in total. The lowest BCUT2D eigenvalue weighted by molar-refractivity contribution is -0.151. The maximum Gasteiger partial charge on any atom is 0.243 e. The average molecular weight is 373 g/mol. The van der Waals surface area contributed by atoms with E-state index >= 15 is 0 Å². The fourth-order valence-electron chi connectivity index (χ4n) is 7.34. The molecule has 27 heavy (non-hydrogen) atoms. The van der Waals surface area contributed by atoms with Crippen molar-refractivity contribution in [2.24, 2.45) is 23.7 Å². The SMILES string of the molecule is CC(C(=O)N[C@@]12C[C@@H]3C[C@@H](C[N@](C3)C1)C2)N1C(=O)C2C3CCC(O3)C2C1=O. The van der Waals surface area contributed by atoms with Gasteiger partial charge in [-0.05, 0) is 50.9 Å². The number of carbonyl (C=O) groups excluding carboxylic acids is 3. The Labute approximate surface area is 158 Å². The largest absolute Gasteiger partial charge is 0.373 e. The summed E-state index contributed by atoms with van der Waals surface area (Å²) in [7, 11) is 0. The number of ether oxygens (including phenoxy) is 1. The molecule has 9 atom stereocenters. The smallest absolute Gasteiger partial charge is 0.243 e. The summed E-state index contributed by atoms with van der Waals surface area (Å²) in [5.41, 5.74) is -0.167. The molecule has 0 spiro atoms. The highest BCUT2D eigenvalue weighted by Crippen LogP contribution is 2.49. The predicted octanol–water partition coefficient (Wildman–Crippen LogP) is 0.138. The van der Waals surface area contributed by atoms with Gasteiger partial charge in [-0.1, -0.05) is 0 Å². The summed E-state index contributed by atoms with van der Waals surface area (Å²) in [6, 6.07) is -0.738. The molecule has 7 heteroatoms. The van der Waals surface area contributed by atoms with Gasteiger partial charge in [0.2, 0.25) is 17.7 Å². The van der Waals surface area contributed by atoms with Gasteiger partial charge in [-0.3, -0.25) is 19.3 Å². The predicted molar refractivity (Wildman–Crippen MR) is 94.3 cm³/mol. The first-order valence-electron chi connectivity index (χ1n) is 10.5. The molecule has 6 bridgehead atoms. The second-order valence-corrected chi connectivity index (χ2v) is 9.90. The molecule has 6 heterocycles. The van der Waals surface area contributed by atoms with Crippen molar-refractivity contribution in [3.63, 3.8) is 0 Å². The van der Waals surface area contributed by atoms with Crippen LogP contribution in [0.25, 0.3) is 0 Å². The van der Waals surface area contributed by atoms with E-state index in [0.29, 0.717) is 11.8 Å². The van der Waals surface area contributed by atoms with Gasteiger partial charge in [-0.25, -0.2) is 0 Å². The van der Waals surface area contributed by atoms with Crippen LogP contribution < -0.4 is 5.32 Å². The molecule has 5 unspecified atom stereocenters. The summed E-state index contributed by atoms with van der Waals surface area (Å²) < 4.78 is 5.79. The monoisotopic (exact) mass is 373 g/mol. The van der Waals surface area contributed by atoms with Gasteiger partial charge >= 0.3 is 0 Å². The Morgan fingerprint density at radius 1 is 1.11 bits per heavy atom. The Morgan fingerprint density at radius 3 is 2.26 bits per heavy atom. The van der Waals surface area contributed by atoms with Crippen molar-refractivity contribution in [2.75, 3.05) is 19.6 Å². The van der Waals surface area contributed by atoms with E-state index in [9.17, 15) is 14.4 Å². The number of likely N-dealkylation sites (tertiary alicyclic amines) is 1. The van der Waals surface area contributed by atoms with E-state index in [1.165, 1.54) is 11.3 Å². The molecule has 0 radical (unpaired) electrons. The lowest BCUT2D eigenvalue weighted by atomic mass is 9.64. The van der Waals surface area contributed by atoms with Gasteiger partial charge in [-0.15, -0.1) is 0 Å². The van der Waals surface area contributed by atoms with Gasteiger partial charge in [0.25, 0.3) is 0 Å². The first-order chi connectivity index (χ1) is 12.9. The van der Waals surface area contributed by atoms with Gasteiger partial charge in [0.15, 0.2) is 0 Å². The van der Waals surface area contributed by atoms with E-state index in [0.717, 1.165) is 45.3 Å². The van der Waals surface area contributed by atoms with Crippen molar-refractivity contribution >= 4 is 17.7 Å². The molecule has 6 aliphatic heterocycles. The number of hydrogen-bond donors (Lipinski definition) is 1. The quantitative estimate of drug-likeness (QED) is 0.712. The third-order valence-corrected chi connectivity index (χ3v) is 8.06. The van der Waals surface area contributed by atoms with Crippen molar-refractivity contribution in [3.8, 4) is 0 Å². The Balaban J connectivity index is 1.20. The number of imide groups is 1. The van der Waals surface area contributed by atoms with Crippen LogP contribution in [0.15, 0.2) is 0 Å². The lowest BCUT2D eigenvalue weighted by Crippen LogP contribution is -2.70. The average Bonchev–Trinajstić information content (AvgIpc) is 3.26. The summed E-state index contributed by atoms with van der Waals surface area (Å²) in [6.07, 6.45) is 4.77. The second-order valence-electron chi connectivity index (χ2n) is 9.90. The summed E-state index contributed by atoms with van der Waals surface area (Å²) in [5.74, 6) is 0.0405. The van der Waals surface area contributed by atoms with Crippen molar-refractivity contribution in [2.45, 2.75) is 62.8 Å². The standard InChI is InChI=1S/C20H27N3O4/c1-10(23-18(25)15-13-2-3-14(27-13)16(15)19(23)26)17(24)21-20-5-11-4-12(6-20)8-22(7-11)9-20/h10-16H,2-9H2,1H3,(H,21,24)/t10?,11-,12+,13?,14?,15?,16?,20+. The van der Waals surface area contributed by atoms with Crippen LogP contribution in [0.1, 0.15) is 39.0 Å². The Hall–Kier alpha value is -1.47. The van der Waals surface area contributed by atoms with Gasteiger partial charge in [0.1, 0.15) is 6.04 Å². The fourth-order valence-corrected chi connectivity index (χ4v) is 7.34. The maximum atomic E-state index is 13.1. The normalized spacial score (nSPS) is 50.4. The van der Waals surface area contributed by atoms with Crippen LogP contribution >= 0.6 is 0 Å². The van der Waals surface area contributed by atoms with E-state index in [1.54, 1.807) is 6.92 Å². The van der Waals surface area contributed by atoms with E-state index in [1.807, 2.05) is 0 Å². The lowest BCUT2D eigenvalue weighted by Gasteiger charge is -2.58. The highest BCUT2D eigenvalue weighted by molar-refractivity contribution is 6.09. The van der Waals surface area contributed by atoms with E-state index in [2.05, 4.69) is 10.2 Å². The zero-order valence-corrected chi connectivity index (χ0v) is 15.7. The van der Waals surface area contributed by atoms with Crippen LogP contribution in [-0.2, 0) is 19.1 Å². The molecule has 7 rings (SSSR count). The minimum Gasteiger partial charge on any atom is -0.373 e. The molecule has 146 valence electrons. The van der Waals surface area contributed by atoms with Crippen molar-refractivity contribution in [1.29, 1.82) is 0 Å². The molecule has 1 aliphatic carbocycles. The van der Waals surface area contributed by atoms with Crippen LogP contribution in [0.5, 0.6) is 0 Å². The Kier molecular flexibility index (Phi) is 3.25. The first kappa shape index (κ1) is 16.5. The topological polar surface area (TPSA) is 79.0 Å². The van der Waals surface area contributed by atoms with Crippen LogP contribution in [0.4, 0.5) is 0 Å². The highest BCUT2D eigenvalue weighted by atomic mass is 16.5. The number of nitrogens with one attached hydrogen (secondary N) is 1. The van der Waals surface area contributed by atoms with Crippen LogP contribution in [-0.4, -0.2) is 70.9 Å². The Morgan fingerprint density at radius 2 is 1.70 bits per heavy atom. The number of hydrogen-bond acceptors (Lipinski definition) is 5. The fraction of sp³-hybridized carbons (Fsp3) is 0.850. The summed E-state index contributed by atoms with van der Waals surface area (Å²) in [4.78, 5) is 42.7. The molecule has 7 aliphatic rings. The number of piperidine rings is 3. The van der Waals surface area contributed by atoms with Crippen LogP contribution in [0.3, 0.4) is 0 Å².